The summed E-state index contributed by atoms with van der Waals surface area (Å²) in [5.41, 5.74) is 5.63. The lowest BCUT2D eigenvalue weighted by Gasteiger charge is -2.31. The molecule has 17 heavy (non-hydrogen) atoms. The van der Waals surface area contributed by atoms with Crippen LogP contribution in [0.2, 0.25) is 0 Å². The van der Waals surface area contributed by atoms with Crippen LogP contribution in [0.3, 0.4) is 0 Å². The van der Waals surface area contributed by atoms with E-state index in [0.29, 0.717) is 12.6 Å². The Bertz CT molecular complexity index is 377. The van der Waals surface area contributed by atoms with Crippen LogP contribution in [-0.4, -0.2) is 57.5 Å². The monoisotopic (exact) mass is 238 g/mol. The average molecular weight is 238 g/mol. The molecule has 1 atom stereocenters. The summed E-state index contributed by atoms with van der Waals surface area (Å²) < 4.78 is 7.51. The molecule has 1 saturated heterocycles. The summed E-state index contributed by atoms with van der Waals surface area (Å²) in [6, 6.07) is 0.534. The van der Waals surface area contributed by atoms with E-state index in [1.54, 1.807) is 0 Å². The SMILES string of the molecule is NCC1CN(Cc2nnnn2C2CC2)CCO1. The highest BCUT2D eigenvalue weighted by atomic mass is 16.5. The van der Waals surface area contributed by atoms with Crippen LogP contribution >= 0.6 is 0 Å². The molecule has 94 valence electrons. The van der Waals surface area contributed by atoms with Crippen molar-refractivity contribution in [1.82, 2.24) is 25.1 Å². The maximum atomic E-state index is 5.63. The normalized spacial score (nSPS) is 26.3. The van der Waals surface area contributed by atoms with E-state index >= 15 is 0 Å². The van der Waals surface area contributed by atoms with Gasteiger partial charge < -0.3 is 10.5 Å². The van der Waals surface area contributed by atoms with E-state index in [-0.39, 0.29) is 6.10 Å². The molecule has 1 aliphatic heterocycles. The number of tetrazole rings is 1. The molecule has 0 bridgehead atoms. The highest BCUT2D eigenvalue weighted by Gasteiger charge is 2.29. The van der Waals surface area contributed by atoms with E-state index in [1.165, 1.54) is 12.8 Å². The molecule has 2 fully saturated rings. The highest BCUT2D eigenvalue weighted by Crippen LogP contribution is 2.34. The molecule has 1 aromatic heterocycles. The van der Waals surface area contributed by atoms with Crippen molar-refractivity contribution in [2.24, 2.45) is 5.73 Å². The molecule has 0 amide bonds. The van der Waals surface area contributed by atoms with Crippen molar-refractivity contribution in [2.45, 2.75) is 31.5 Å². The Morgan fingerprint density at radius 3 is 3.06 bits per heavy atom. The molecule has 2 N–H and O–H groups in total. The van der Waals surface area contributed by atoms with E-state index in [4.69, 9.17) is 10.5 Å². The molecule has 0 radical (unpaired) electrons. The predicted octanol–water partition coefficient (Wildman–Crippen LogP) is -0.832. The molecule has 1 saturated carbocycles. The van der Waals surface area contributed by atoms with Gasteiger partial charge >= 0.3 is 0 Å². The molecule has 7 nitrogen and oxygen atoms in total. The summed E-state index contributed by atoms with van der Waals surface area (Å²) in [5.74, 6) is 0.963. The highest BCUT2D eigenvalue weighted by molar-refractivity contribution is 4.91. The number of nitrogens with two attached hydrogens (primary N) is 1. The topological polar surface area (TPSA) is 82.1 Å². The van der Waals surface area contributed by atoms with Crippen LogP contribution in [0.15, 0.2) is 0 Å². The van der Waals surface area contributed by atoms with Gasteiger partial charge in [-0.05, 0) is 23.3 Å². The van der Waals surface area contributed by atoms with Crippen LogP contribution in [0.1, 0.15) is 24.7 Å². The number of aromatic nitrogens is 4. The second kappa shape index (κ2) is 4.67. The quantitative estimate of drug-likeness (QED) is 0.737. The van der Waals surface area contributed by atoms with Crippen molar-refractivity contribution >= 4 is 0 Å². The standard InChI is InChI=1S/C10H18N6O/c11-5-9-6-15(3-4-17-9)7-10-12-13-14-16(10)8-1-2-8/h8-9H,1-7,11H2. The van der Waals surface area contributed by atoms with E-state index in [1.807, 2.05) is 4.68 Å². The molecule has 2 aliphatic rings. The molecule has 7 heteroatoms. The second-order valence-corrected chi connectivity index (χ2v) is 4.73. The van der Waals surface area contributed by atoms with Crippen molar-refractivity contribution in [1.29, 1.82) is 0 Å². The number of ether oxygens (including phenoxy) is 1. The predicted molar refractivity (Wildman–Crippen MR) is 60.2 cm³/mol. The van der Waals surface area contributed by atoms with Crippen molar-refractivity contribution in [3.63, 3.8) is 0 Å². The van der Waals surface area contributed by atoms with Gasteiger partial charge in [-0.1, -0.05) is 0 Å². The lowest BCUT2D eigenvalue weighted by molar-refractivity contribution is -0.0272. The van der Waals surface area contributed by atoms with Crippen LogP contribution in [0.25, 0.3) is 0 Å². The first-order valence-corrected chi connectivity index (χ1v) is 6.17. The van der Waals surface area contributed by atoms with Gasteiger partial charge in [0.05, 0.1) is 25.3 Å². The molecular weight excluding hydrogens is 220 g/mol. The van der Waals surface area contributed by atoms with E-state index < -0.39 is 0 Å². The van der Waals surface area contributed by atoms with Gasteiger partial charge in [0, 0.05) is 19.6 Å². The first-order valence-electron chi connectivity index (χ1n) is 6.17. The van der Waals surface area contributed by atoms with Crippen molar-refractivity contribution in [3.05, 3.63) is 5.82 Å². The third-order valence-corrected chi connectivity index (χ3v) is 3.30. The molecule has 1 unspecified atom stereocenters. The Hall–Kier alpha value is -1.05. The van der Waals surface area contributed by atoms with Gasteiger partial charge in [0.1, 0.15) is 0 Å². The second-order valence-electron chi connectivity index (χ2n) is 4.73. The Kier molecular flexibility index (Phi) is 3.04. The third kappa shape index (κ3) is 2.46. The minimum Gasteiger partial charge on any atom is -0.374 e. The summed E-state index contributed by atoms with van der Waals surface area (Å²) in [6.45, 7) is 3.91. The zero-order valence-electron chi connectivity index (χ0n) is 9.83. The van der Waals surface area contributed by atoms with Crippen molar-refractivity contribution in [2.75, 3.05) is 26.2 Å². The molecular formula is C10H18N6O. The van der Waals surface area contributed by atoms with Crippen LogP contribution in [0, 0.1) is 0 Å². The zero-order chi connectivity index (χ0) is 11.7. The number of rotatable bonds is 4. The summed E-state index contributed by atoms with van der Waals surface area (Å²) in [7, 11) is 0. The molecule has 3 rings (SSSR count). The minimum atomic E-state index is 0.147. The molecule has 1 aromatic rings. The average Bonchev–Trinajstić information content (AvgIpc) is 3.11. The molecule has 0 aromatic carbocycles. The minimum absolute atomic E-state index is 0.147. The maximum Gasteiger partial charge on any atom is 0.165 e. The summed E-state index contributed by atoms with van der Waals surface area (Å²) in [4.78, 5) is 2.31. The summed E-state index contributed by atoms with van der Waals surface area (Å²) >= 11 is 0. The van der Waals surface area contributed by atoms with Gasteiger partial charge in [0.2, 0.25) is 0 Å². The van der Waals surface area contributed by atoms with Gasteiger partial charge in [0.15, 0.2) is 5.82 Å². The smallest absolute Gasteiger partial charge is 0.165 e. The van der Waals surface area contributed by atoms with Gasteiger partial charge in [-0.2, -0.15) is 0 Å². The lowest BCUT2D eigenvalue weighted by atomic mass is 10.2. The number of hydrogen-bond donors (Lipinski definition) is 1. The van der Waals surface area contributed by atoms with Gasteiger partial charge in [-0.3, -0.25) is 4.90 Å². The number of morpholine rings is 1. The molecule has 1 aliphatic carbocycles. The summed E-state index contributed by atoms with van der Waals surface area (Å²) in [5, 5.41) is 11.9. The first-order chi connectivity index (χ1) is 8.36. The van der Waals surface area contributed by atoms with Crippen molar-refractivity contribution < 1.29 is 4.74 Å². The Balaban J connectivity index is 1.63. The first kappa shape index (κ1) is 11.1. The maximum absolute atomic E-state index is 5.63. The van der Waals surface area contributed by atoms with Crippen LogP contribution < -0.4 is 5.73 Å². The molecule has 0 spiro atoms. The Morgan fingerprint density at radius 2 is 2.29 bits per heavy atom. The zero-order valence-corrected chi connectivity index (χ0v) is 9.83. The fraction of sp³-hybridized carbons (Fsp3) is 0.900. The fourth-order valence-corrected chi connectivity index (χ4v) is 2.19. The van der Waals surface area contributed by atoms with Crippen molar-refractivity contribution in [3.8, 4) is 0 Å². The molecule has 2 heterocycles. The third-order valence-electron chi connectivity index (χ3n) is 3.30. The van der Waals surface area contributed by atoms with Crippen LogP contribution in [0.5, 0.6) is 0 Å². The Labute approximate surface area is 99.9 Å². The van der Waals surface area contributed by atoms with Gasteiger partial charge in [0.25, 0.3) is 0 Å². The van der Waals surface area contributed by atoms with E-state index in [9.17, 15) is 0 Å². The number of nitrogens with zero attached hydrogens (tertiary/aromatic N) is 5. The number of hydrogen-bond acceptors (Lipinski definition) is 6. The van der Waals surface area contributed by atoms with Crippen LogP contribution in [-0.2, 0) is 11.3 Å². The van der Waals surface area contributed by atoms with Gasteiger partial charge in [-0.15, -0.1) is 5.10 Å². The van der Waals surface area contributed by atoms with Crippen LogP contribution in [0.4, 0.5) is 0 Å². The Morgan fingerprint density at radius 1 is 1.41 bits per heavy atom. The van der Waals surface area contributed by atoms with Gasteiger partial charge in [-0.25, -0.2) is 4.68 Å². The van der Waals surface area contributed by atoms with E-state index in [0.717, 1.165) is 32.1 Å². The lowest BCUT2D eigenvalue weighted by Crippen LogP contribution is -2.45. The fourth-order valence-electron chi connectivity index (χ4n) is 2.19. The summed E-state index contributed by atoms with van der Waals surface area (Å²) in [6.07, 6.45) is 2.55. The largest absolute Gasteiger partial charge is 0.374 e. The van der Waals surface area contributed by atoms with E-state index in [2.05, 4.69) is 20.4 Å².